The lowest BCUT2D eigenvalue weighted by molar-refractivity contribution is -0.119. The molecule has 0 fully saturated rings. The zero-order chi connectivity index (χ0) is 30.2. The first kappa shape index (κ1) is 30.7. The van der Waals surface area contributed by atoms with Crippen LogP contribution in [0.2, 0.25) is 0 Å². The molecule has 0 radical (unpaired) electrons. The van der Waals surface area contributed by atoms with E-state index in [-0.39, 0.29) is 30.4 Å². The number of aromatic nitrogens is 1. The Bertz CT molecular complexity index is 1510. The zero-order valence-electron chi connectivity index (χ0n) is 24.6. The lowest BCUT2D eigenvalue weighted by atomic mass is 9.94. The molecule has 0 saturated carbocycles. The topological polar surface area (TPSA) is 91.6 Å². The predicted molar refractivity (Wildman–Crippen MR) is 170 cm³/mol. The maximum atomic E-state index is 14.2. The monoisotopic (exact) mass is 564 g/mol. The number of aliphatic hydroxyl groups is 2. The maximum absolute atomic E-state index is 14.2. The highest BCUT2D eigenvalue weighted by molar-refractivity contribution is 6.12. The number of aliphatic hydroxyl groups excluding tert-OH is 2. The second-order valence-electron chi connectivity index (χ2n) is 11.0. The quantitative estimate of drug-likeness (QED) is 0.159. The Morgan fingerprint density at radius 1 is 0.881 bits per heavy atom. The van der Waals surface area contributed by atoms with Gasteiger partial charge in [0.1, 0.15) is 5.78 Å². The molecule has 0 aliphatic rings. The number of nitrogens with zero attached hydrogens (tertiary/aromatic N) is 1. The average Bonchev–Trinajstić information content (AvgIpc) is 3.32. The maximum Gasteiger partial charge on any atom is 0.258 e. The van der Waals surface area contributed by atoms with Crippen LogP contribution >= 0.6 is 0 Å². The Labute approximate surface area is 248 Å². The van der Waals surface area contributed by atoms with E-state index in [2.05, 4.69) is 30.3 Å². The molecule has 6 nitrogen and oxygen atoms in total. The lowest BCUT2D eigenvalue weighted by Gasteiger charge is -2.20. The van der Waals surface area contributed by atoms with Crippen molar-refractivity contribution >= 4 is 23.5 Å². The van der Waals surface area contributed by atoms with Gasteiger partial charge in [-0.25, -0.2) is 0 Å². The molecule has 2 unspecified atom stereocenters. The fourth-order valence-corrected chi connectivity index (χ4v) is 5.50. The van der Waals surface area contributed by atoms with Gasteiger partial charge in [0.25, 0.3) is 5.91 Å². The largest absolute Gasteiger partial charge is 0.393 e. The summed E-state index contributed by atoms with van der Waals surface area (Å²) in [5.41, 5.74) is 6.70. The minimum Gasteiger partial charge on any atom is -0.393 e. The van der Waals surface area contributed by atoms with Gasteiger partial charge in [-0.05, 0) is 54.5 Å². The van der Waals surface area contributed by atoms with Crippen LogP contribution in [0.25, 0.3) is 28.5 Å². The first-order chi connectivity index (χ1) is 20.2. The number of amides is 1. The van der Waals surface area contributed by atoms with Crippen molar-refractivity contribution < 1.29 is 19.8 Å². The van der Waals surface area contributed by atoms with Crippen molar-refractivity contribution in [2.24, 2.45) is 0 Å². The molecule has 0 spiro atoms. The van der Waals surface area contributed by atoms with E-state index >= 15 is 0 Å². The third-order valence-corrected chi connectivity index (χ3v) is 7.34. The van der Waals surface area contributed by atoms with Crippen LogP contribution in [0.15, 0.2) is 91.5 Å². The van der Waals surface area contributed by atoms with E-state index in [0.29, 0.717) is 24.2 Å². The van der Waals surface area contributed by atoms with Gasteiger partial charge in [-0.2, -0.15) is 0 Å². The summed E-state index contributed by atoms with van der Waals surface area (Å²) in [4.78, 5) is 25.6. The number of rotatable bonds is 13. The van der Waals surface area contributed by atoms with Crippen LogP contribution in [-0.4, -0.2) is 38.7 Å². The number of para-hydroxylation sites is 1. The van der Waals surface area contributed by atoms with E-state index in [9.17, 15) is 19.8 Å². The van der Waals surface area contributed by atoms with Crippen LogP contribution in [0.4, 0.5) is 5.69 Å². The van der Waals surface area contributed by atoms with Gasteiger partial charge in [0, 0.05) is 29.9 Å². The molecule has 6 heteroatoms. The van der Waals surface area contributed by atoms with Crippen LogP contribution in [0.3, 0.4) is 0 Å². The Balaban J connectivity index is 1.90. The molecule has 2 atom stereocenters. The molecular formula is C36H40N2O4. The average molecular weight is 565 g/mol. The van der Waals surface area contributed by atoms with Gasteiger partial charge in [0.2, 0.25) is 0 Å². The van der Waals surface area contributed by atoms with Crippen molar-refractivity contribution in [1.82, 2.24) is 4.57 Å². The summed E-state index contributed by atoms with van der Waals surface area (Å²) >= 11 is 0. The van der Waals surface area contributed by atoms with E-state index in [1.54, 1.807) is 6.08 Å². The number of carbonyl (C=O) groups is 2. The highest BCUT2D eigenvalue weighted by atomic mass is 16.3. The number of hydrogen-bond acceptors (Lipinski definition) is 4. The molecule has 4 rings (SSSR count). The van der Waals surface area contributed by atoms with Gasteiger partial charge >= 0.3 is 0 Å². The second-order valence-corrected chi connectivity index (χ2v) is 11.0. The van der Waals surface area contributed by atoms with Crippen LogP contribution in [0.5, 0.6) is 0 Å². The predicted octanol–water partition coefficient (Wildman–Crippen LogP) is 7.32. The number of nitrogens with one attached hydrogen (secondary N) is 1. The summed E-state index contributed by atoms with van der Waals surface area (Å²) in [6.07, 6.45) is 0.537. The number of anilines is 1. The number of hydrogen-bond donors (Lipinski definition) is 3. The molecule has 3 N–H and O–H groups in total. The molecule has 1 heterocycles. The summed E-state index contributed by atoms with van der Waals surface area (Å²) in [5.74, 6) is -0.344. The van der Waals surface area contributed by atoms with Crippen LogP contribution in [-0.2, 0) is 11.3 Å². The molecular weight excluding hydrogens is 524 g/mol. The molecule has 0 aliphatic heterocycles. The molecule has 0 bridgehead atoms. The third-order valence-electron chi connectivity index (χ3n) is 7.34. The second kappa shape index (κ2) is 14.1. The minimum absolute atomic E-state index is 0.0146. The fraction of sp³-hybridized carbons (Fsp3) is 0.278. The molecule has 3 aromatic carbocycles. The molecule has 4 aromatic rings. The number of ketones is 1. The zero-order valence-corrected chi connectivity index (χ0v) is 24.6. The van der Waals surface area contributed by atoms with Gasteiger partial charge in [-0.1, -0.05) is 99.3 Å². The summed E-state index contributed by atoms with van der Waals surface area (Å²) in [6.45, 7) is 9.86. The lowest BCUT2D eigenvalue weighted by Crippen LogP contribution is -2.22. The standard InChI is InChI=1S/C36H40N2O4/c1-5-26-16-18-28(19-17-26)35-32(27-12-8-6-9-13-27)33(36(42)37-29-14-10-7-11-15-29)34(24(2)3)38(35)21-20-30(40)23-31(41)22-25(4)39/h5-19,24,30-31,40-41H,1,20-23H2,2-4H3,(H,37,42). The molecule has 0 saturated heterocycles. The van der Waals surface area contributed by atoms with Crippen LogP contribution in [0, 0.1) is 0 Å². The van der Waals surface area contributed by atoms with E-state index < -0.39 is 12.2 Å². The van der Waals surface area contributed by atoms with Crippen molar-refractivity contribution in [2.45, 2.75) is 64.7 Å². The molecule has 42 heavy (non-hydrogen) atoms. The first-order valence-electron chi connectivity index (χ1n) is 14.5. The molecule has 0 aliphatic carbocycles. The van der Waals surface area contributed by atoms with E-state index in [1.165, 1.54) is 6.92 Å². The van der Waals surface area contributed by atoms with Gasteiger partial charge < -0.3 is 20.1 Å². The van der Waals surface area contributed by atoms with Crippen LogP contribution in [0.1, 0.15) is 67.6 Å². The summed E-state index contributed by atoms with van der Waals surface area (Å²) in [7, 11) is 0. The van der Waals surface area contributed by atoms with Gasteiger partial charge in [-0.15, -0.1) is 0 Å². The van der Waals surface area contributed by atoms with Crippen LogP contribution < -0.4 is 5.32 Å². The SMILES string of the molecule is C=Cc1ccc(-c2c(-c3ccccc3)c(C(=O)Nc3ccccc3)c(C(C)C)n2CCC(O)CC(O)CC(C)=O)cc1. The highest BCUT2D eigenvalue weighted by Gasteiger charge is 2.30. The van der Waals surface area contributed by atoms with Gasteiger partial charge in [0.05, 0.1) is 23.5 Å². The Morgan fingerprint density at radius 3 is 2.07 bits per heavy atom. The van der Waals surface area contributed by atoms with Crippen molar-refractivity contribution in [2.75, 3.05) is 5.32 Å². The van der Waals surface area contributed by atoms with Gasteiger partial charge in [-0.3, -0.25) is 9.59 Å². The smallest absolute Gasteiger partial charge is 0.258 e. The molecule has 218 valence electrons. The van der Waals surface area contributed by atoms with E-state index in [4.69, 9.17) is 0 Å². The summed E-state index contributed by atoms with van der Waals surface area (Å²) < 4.78 is 2.15. The Morgan fingerprint density at radius 2 is 1.50 bits per heavy atom. The van der Waals surface area contributed by atoms with Crippen molar-refractivity contribution in [3.8, 4) is 22.4 Å². The number of benzene rings is 3. The van der Waals surface area contributed by atoms with Crippen molar-refractivity contribution in [3.63, 3.8) is 0 Å². The molecule has 1 aromatic heterocycles. The summed E-state index contributed by atoms with van der Waals surface area (Å²) in [6, 6.07) is 27.4. The van der Waals surface area contributed by atoms with E-state index in [1.807, 2.05) is 84.9 Å². The summed E-state index contributed by atoms with van der Waals surface area (Å²) in [5, 5.41) is 24.3. The third kappa shape index (κ3) is 7.32. The van der Waals surface area contributed by atoms with Gasteiger partial charge in [0.15, 0.2) is 0 Å². The van der Waals surface area contributed by atoms with Crippen molar-refractivity contribution in [3.05, 3.63) is 108 Å². The normalized spacial score (nSPS) is 12.6. The molecule has 1 amide bonds. The first-order valence-corrected chi connectivity index (χ1v) is 14.5. The Hall–Kier alpha value is -4.26. The van der Waals surface area contributed by atoms with E-state index in [0.717, 1.165) is 33.6 Å². The minimum atomic E-state index is -0.898. The number of Topliss-reactive ketones (excluding diaryl/α,β-unsaturated/α-hetero) is 1. The highest BCUT2D eigenvalue weighted by Crippen LogP contribution is 2.42. The number of carbonyl (C=O) groups excluding carboxylic acids is 2. The van der Waals surface area contributed by atoms with Crippen molar-refractivity contribution in [1.29, 1.82) is 0 Å². The Kier molecular flexibility index (Phi) is 10.3. The fourth-order valence-electron chi connectivity index (χ4n) is 5.50.